The summed E-state index contributed by atoms with van der Waals surface area (Å²) in [6, 6.07) is 25.3. The molecular weight excluding hydrogens is 869 g/mol. The van der Waals surface area contributed by atoms with Crippen LogP contribution in [0.25, 0.3) is 0 Å². The zero-order valence-corrected chi connectivity index (χ0v) is 34.8. The number of hydrogen-bond donors (Lipinski definition) is 2. The first-order valence-corrected chi connectivity index (χ1v) is 20.3. The van der Waals surface area contributed by atoms with Gasteiger partial charge in [0.1, 0.15) is 48.5 Å². The molecule has 3 aliphatic rings. The number of urea groups is 1. The molecule has 1 spiro atoms. The van der Waals surface area contributed by atoms with Crippen molar-refractivity contribution in [3.8, 4) is 5.75 Å². The summed E-state index contributed by atoms with van der Waals surface area (Å²) in [7, 11) is 1.21. The Hall–Kier alpha value is -5.58. The highest BCUT2D eigenvalue weighted by Crippen LogP contribution is 2.66. The number of carbonyl (C=O) groups is 5. The minimum atomic E-state index is -2.01. The molecule has 3 heterocycles. The molecule has 59 heavy (non-hydrogen) atoms. The number of nitrogens with zero attached hydrogens (tertiary/aromatic N) is 2. The molecule has 4 aromatic rings. The molecule has 0 saturated carbocycles. The number of morpholine rings is 1. The summed E-state index contributed by atoms with van der Waals surface area (Å²) in [6.45, 7) is 6.78. The Morgan fingerprint density at radius 2 is 1.59 bits per heavy atom. The number of carbonyl (C=O) groups excluding carboxylic acids is 5. The van der Waals surface area contributed by atoms with E-state index in [1.54, 1.807) is 56.3 Å². The first-order chi connectivity index (χ1) is 28.5. The van der Waals surface area contributed by atoms with E-state index in [1.807, 2.05) is 65.6 Å². The number of methoxy groups -OCH3 is 1. The summed E-state index contributed by atoms with van der Waals surface area (Å²) in [5.74, 6) is -4.71. The van der Waals surface area contributed by atoms with Gasteiger partial charge in [-0.1, -0.05) is 99.3 Å². The van der Waals surface area contributed by atoms with Crippen LogP contribution in [0.3, 0.4) is 0 Å². The molecule has 4 aromatic carbocycles. The summed E-state index contributed by atoms with van der Waals surface area (Å²) in [4.78, 5) is 76.3. The van der Waals surface area contributed by atoms with Gasteiger partial charge in [0, 0.05) is 3.57 Å². The first kappa shape index (κ1) is 41.6. The van der Waals surface area contributed by atoms with Crippen LogP contribution in [-0.4, -0.2) is 78.9 Å². The molecule has 14 heteroatoms. The van der Waals surface area contributed by atoms with E-state index >= 15 is 4.79 Å². The number of amides is 3. The highest BCUT2D eigenvalue weighted by molar-refractivity contribution is 14.1. The lowest BCUT2D eigenvalue weighted by Crippen LogP contribution is -2.56. The molecule has 3 aliphatic heterocycles. The highest BCUT2D eigenvalue weighted by Gasteiger charge is 2.76. The van der Waals surface area contributed by atoms with E-state index in [0.717, 1.165) is 10.5 Å². The van der Waals surface area contributed by atoms with E-state index in [1.165, 1.54) is 13.2 Å². The van der Waals surface area contributed by atoms with E-state index in [9.17, 15) is 24.3 Å². The zero-order chi connectivity index (χ0) is 42.0. The summed E-state index contributed by atoms with van der Waals surface area (Å²) < 4.78 is 23.6. The third-order valence-electron chi connectivity index (χ3n) is 11.2. The van der Waals surface area contributed by atoms with E-state index in [4.69, 9.17) is 18.9 Å². The molecule has 13 nitrogen and oxygen atoms in total. The minimum Gasteiger partial charge on any atom is -0.491 e. The Morgan fingerprint density at radius 3 is 2.20 bits per heavy atom. The molecule has 0 aliphatic carbocycles. The van der Waals surface area contributed by atoms with Gasteiger partial charge in [-0.15, -0.1) is 0 Å². The topological polar surface area (TPSA) is 161 Å². The summed E-state index contributed by atoms with van der Waals surface area (Å²) >= 11 is 2.11. The molecule has 7 rings (SSSR count). The quantitative estimate of drug-likeness (QED) is 0.0747. The molecule has 2 N–H and O–H groups in total. The molecule has 0 bridgehead atoms. The predicted octanol–water partition coefficient (Wildman–Crippen LogP) is 5.96. The lowest BCUT2D eigenvalue weighted by atomic mass is 9.65. The van der Waals surface area contributed by atoms with Gasteiger partial charge in [0.2, 0.25) is 5.91 Å². The predicted molar refractivity (Wildman–Crippen MR) is 224 cm³/mol. The molecule has 0 aromatic heterocycles. The zero-order valence-electron chi connectivity index (χ0n) is 32.7. The number of anilines is 1. The van der Waals surface area contributed by atoms with Crippen LogP contribution in [0.4, 0.5) is 10.5 Å². The third-order valence-corrected chi connectivity index (χ3v) is 11.8. The van der Waals surface area contributed by atoms with E-state index < -0.39 is 77.4 Å². The Labute approximate surface area is 355 Å². The van der Waals surface area contributed by atoms with Crippen LogP contribution in [0.5, 0.6) is 5.75 Å². The third kappa shape index (κ3) is 7.27. The van der Waals surface area contributed by atoms with E-state index in [2.05, 4.69) is 34.5 Å². The van der Waals surface area contributed by atoms with E-state index in [0.29, 0.717) is 26.0 Å². The highest BCUT2D eigenvalue weighted by atomic mass is 127. The van der Waals surface area contributed by atoms with Crippen molar-refractivity contribution in [2.24, 2.45) is 11.8 Å². The summed E-state index contributed by atoms with van der Waals surface area (Å²) in [6.07, 6.45) is 0.485. The molecule has 7 atom stereocenters. The number of ether oxygens (including phenoxy) is 4. The first-order valence-electron chi connectivity index (χ1n) is 19.2. The van der Waals surface area contributed by atoms with Gasteiger partial charge >= 0.3 is 23.9 Å². The maximum Gasteiger partial charge on any atom is 0.329 e. The maximum absolute atomic E-state index is 16.0. The van der Waals surface area contributed by atoms with Gasteiger partial charge in [-0.3, -0.25) is 19.3 Å². The monoisotopic (exact) mass is 913 g/mol. The van der Waals surface area contributed by atoms with Crippen molar-refractivity contribution in [2.75, 3.05) is 31.8 Å². The van der Waals surface area contributed by atoms with Gasteiger partial charge in [0.25, 0.3) is 0 Å². The Kier molecular flexibility index (Phi) is 12.2. The number of nitrogens with one attached hydrogen (secondary N) is 1. The van der Waals surface area contributed by atoms with Gasteiger partial charge in [-0.25, -0.2) is 14.5 Å². The normalized spacial score (nSPS) is 23.9. The van der Waals surface area contributed by atoms with Crippen molar-refractivity contribution in [1.82, 2.24) is 10.2 Å². The van der Waals surface area contributed by atoms with Crippen molar-refractivity contribution < 1.29 is 48.0 Å². The number of imide groups is 1. The van der Waals surface area contributed by atoms with Gasteiger partial charge in [0.15, 0.2) is 0 Å². The van der Waals surface area contributed by atoms with Crippen LogP contribution < -0.4 is 15.0 Å². The lowest BCUT2D eigenvalue weighted by Gasteiger charge is -2.46. The number of fused-ring (bicyclic) bond motifs is 3. The average molecular weight is 914 g/mol. The molecular formula is C45H44IN3O10. The molecule has 3 amide bonds. The van der Waals surface area contributed by atoms with Crippen LogP contribution in [-0.2, 0) is 38.8 Å². The van der Waals surface area contributed by atoms with Crippen molar-refractivity contribution in [1.29, 1.82) is 0 Å². The van der Waals surface area contributed by atoms with Crippen molar-refractivity contribution in [2.45, 2.75) is 49.5 Å². The fraction of sp³-hybridized carbons (Fsp3) is 0.311. The summed E-state index contributed by atoms with van der Waals surface area (Å²) in [5, 5.41) is 12.2. The van der Waals surface area contributed by atoms with Gasteiger partial charge < -0.3 is 29.4 Å². The van der Waals surface area contributed by atoms with Crippen LogP contribution >= 0.6 is 22.6 Å². The smallest absolute Gasteiger partial charge is 0.329 e. The lowest BCUT2D eigenvalue weighted by molar-refractivity contribution is -0.180. The number of aliphatic hydroxyl groups excluding tert-OH is 1. The molecule has 0 unspecified atom stereocenters. The molecule has 2 saturated heterocycles. The SMILES string of the molecule is C=CCOC(=O)[C@H]1[C@@H]2C(=O)O[C@@H](c3ccccc3)[C@@H](c3ccccc3)N2[C@@H](c2ccc(OCCO)cc2)[C@]12C(=O)N(C(=O)N[C@H](C(=O)OC)C(C)C)c1ccc(I)cc12. The Morgan fingerprint density at radius 1 is 0.932 bits per heavy atom. The Balaban J connectivity index is 1.55. The largest absolute Gasteiger partial charge is 0.491 e. The van der Waals surface area contributed by atoms with Gasteiger partial charge in [-0.2, -0.15) is 0 Å². The number of esters is 3. The van der Waals surface area contributed by atoms with Crippen LogP contribution in [0.15, 0.2) is 116 Å². The van der Waals surface area contributed by atoms with Crippen LogP contribution in [0, 0.1) is 15.4 Å². The van der Waals surface area contributed by atoms with Crippen molar-refractivity contribution in [3.05, 3.63) is 142 Å². The van der Waals surface area contributed by atoms with Gasteiger partial charge in [-0.05, 0) is 81.1 Å². The average Bonchev–Trinajstić information content (AvgIpc) is 3.70. The second-order valence-corrected chi connectivity index (χ2v) is 16.1. The van der Waals surface area contributed by atoms with Crippen molar-refractivity contribution >= 4 is 58.1 Å². The number of cyclic esters (lactones) is 1. The fourth-order valence-electron chi connectivity index (χ4n) is 8.81. The van der Waals surface area contributed by atoms with Crippen LogP contribution in [0.2, 0.25) is 0 Å². The maximum atomic E-state index is 16.0. The minimum absolute atomic E-state index is 0.0378. The molecule has 0 radical (unpaired) electrons. The number of benzene rings is 4. The van der Waals surface area contributed by atoms with Gasteiger partial charge in [0.05, 0.1) is 31.5 Å². The second-order valence-electron chi connectivity index (χ2n) is 14.8. The number of rotatable bonds is 12. The standard InChI is InChI=1S/C45H44IN3O10/c1-5-23-58-40(51)34-37-42(53)59-38(28-14-10-7-11-15-28)36(27-12-8-6-9-13-27)49(37)39(29-16-19-31(20-17-29)57-24-22-50)45(34)32-25-30(46)18-21-33(32)48(43(45)54)44(55)47-35(26(2)3)41(52)56-4/h5-21,25-26,34-39,50H,1,22-24H2,2-4H3,(H,47,55)/t34-,35+,36-,37-,38+,39+,45-/m1/s1. The number of halogens is 1. The summed E-state index contributed by atoms with van der Waals surface area (Å²) in [5.41, 5.74) is 0.396. The van der Waals surface area contributed by atoms with E-state index in [-0.39, 0.29) is 25.5 Å². The van der Waals surface area contributed by atoms with Crippen LogP contribution in [0.1, 0.15) is 54.3 Å². The Bertz CT molecular complexity index is 2240. The number of hydrogen-bond acceptors (Lipinski definition) is 11. The number of aliphatic hydroxyl groups is 1. The fourth-order valence-corrected chi connectivity index (χ4v) is 9.30. The van der Waals surface area contributed by atoms with Crippen molar-refractivity contribution in [3.63, 3.8) is 0 Å². The molecule has 2 fully saturated rings. The molecule has 306 valence electrons. The second kappa shape index (κ2) is 17.3.